The quantitative estimate of drug-likeness (QED) is 0.821. The van der Waals surface area contributed by atoms with Crippen molar-refractivity contribution in [2.45, 2.75) is 76.4 Å². The zero-order valence-corrected chi connectivity index (χ0v) is 12.3. The number of nitrogens with zero attached hydrogens (tertiary/aromatic N) is 1. The van der Waals surface area contributed by atoms with Gasteiger partial charge in [-0.2, -0.15) is 0 Å². The summed E-state index contributed by atoms with van der Waals surface area (Å²) in [6.07, 6.45) is 7.42. The van der Waals surface area contributed by atoms with Gasteiger partial charge in [0, 0.05) is 30.6 Å². The molecule has 0 spiro atoms. The van der Waals surface area contributed by atoms with Crippen molar-refractivity contribution in [2.75, 3.05) is 13.1 Å². The van der Waals surface area contributed by atoms with Crippen molar-refractivity contribution in [3.8, 4) is 0 Å². The van der Waals surface area contributed by atoms with E-state index >= 15 is 0 Å². The van der Waals surface area contributed by atoms with Crippen LogP contribution in [-0.4, -0.2) is 46.7 Å². The molecule has 2 fully saturated rings. The standard InChI is InChI=1S/C15H28N2O2/c1-15(2)9-10-16-11-13(7-8-14(18)19)17(15)12-5-3-4-6-12/h12-13,16H,3-11H2,1-2H3,(H,18,19). The molecule has 0 amide bonds. The van der Waals surface area contributed by atoms with Gasteiger partial charge in [0.2, 0.25) is 0 Å². The first-order valence-electron chi connectivity index (χ1n) is 7.71. The smallest absolute Gasteiger partial charge is 0.303 e. The van der Waals surface area contributed by atoms with E-state index in [1.165, 1.54) is 25.7 Å². The Bertz CT molecular complexity index is 311. The third-order valence-electron chi connectivity index (χ3n) is 4.80. The van der Waals surface area contributed by atoms with Gasteiger partial charge in [-0.3, -0.25) is 9.69 Å². The molecule has 1 unspecified atom stereocenters. The highest BCUT2D eigenvalue weighted by atomic mass is 16.4. The molecule has 1 aliphatic carbocycles. The highest BCUT2D eigenvalue weighted by Crippen LogP contribution is 2.34. The van der Waals surface area contributed by atoms with Gasteiger partial charge in [0.05, 0.1) is 0 Å². The lowest BCUT2D eigenvalue weighted by atomic mass is 9.92. The van der Waals surface area contributed by atoms with Gasteiger partial charge in [0.25, 0.3) is 0 Å². The van der Waals surface area contributed by atoms with Gasteiger partial charge in [-0.05, 0) is 46.1 Å². The predicted molar refractivity (Wildman–Crippen MR) is 76.3 cm³/mol. The summed E-state index contributed by atoms with van der Waals surface area (Å²) in [7, 11) is 0. The summed E-state index contributed by atoms with van der Waals surface area (Å²) in [5.74, 6) is -0.673. The molecule has 0 aromatic rings. The lowest BCUT2D eigenvalue weighted by molar-refractivity contribution is -0.137. The lowest BCUT2D eigenvalue weighted by Crippen LogP contribution is -2.55. The zero-order chi connectivity index (χ0) is 13.9. The van der Waals surface area contributed by atoms with Crippen LogP contribution in [0.2, 0.25) is 0 Å². The van der Waals surface area contributed by atoms with E-state index in [1.807, 2.05) is 0 Å². The molecule has 2 N–H and O–H groups in total. The lowest BCUT2D eigenvalue weighted by Gasteiger charge is -2.46. The molecule has 110 valence electrons. The number of nitrogens with one attached hydrogen (secondary N) is 1. The largest absolute Gasteiger partial charge is 0.481 e. The van der Waals surface area contributed by atoms with Crippen LogP contribution in [-0.2, 0) is 4.79 Å². The molecule has 0 aromatic heterocycles. The van der Waals surface area contributed by atoms with Gasteiger partial charge in [-0.25, -0.2) is 0 Å². The minimum atomic E-state index is -0.673. The van der Waals surface area contributed by atoms with Crippen LogP contribution >= 0.6 is 0 Å². The predicted octanol–water partition coefficient (Wildman–Crippen LogP) is 2.24. The second kappa shape index (κ2) is 6.23. The van der Waals surface area contributed by atoms with Gasteiger partial charge in [0.1, 0.15) is 0 Å². The monoisotopic (exact) mass is 268 g/mol. The molecular weight excluding hydrogens is 240 g/mol. The molecule has 1 atom stereocenters. The molecule has 1 saturated heterocycles. The molecule has 1 aliphatic heterocycles. The van der Waals surface area contributed by atoms with Crippen molar-refractivity contribution >= 4 is 5.97 Å². The Labute approximate surface area is 116 Å². The number of rotatable bonds is 4. The number of carbonyl (C=O) groups is 1. The second-order valence-electron chi connectivity index (χ2n) is 6.70. The van der Waals surface area contributed by atoms with Crippen LogP contribution < -0.4 is 5.32 Å². The number of carboxylic acids is 1. The molecule has 0 aromatic carbocycles. The van der Waals surface area contributed by atoms with E-state index in [1.54, 1.807) is 0 Å². The second-order valence-corrected chi connectivity index (χ2v) is 6.70. The van der Waals surface area contributed by atoms with E-state index in [4.69, 9.17) is 5.11 Å². The van der Waals surface area contributed by atoms with Crippen LogP contribution in [0.15, 0.2) is 0 Å². The third kappa shape index (κ3) is 3.69. The normalized spacial score (nSPS) is 29.3. The summed E-state index contributed by atoms with van der Waals surface area (Å²) in [4.78, 5) is 13.5. The van der Waals surface area contributed by atoms with Crippen LogP contribution in [0, 0.1) is 0 Å². The third-order valence-corrected chi connectivity index (χ3v) is 4.80. The van der Waals surface area contributed by atoms with E-state index in [2.05, 4.69) is 24.1 Å². The molecule has 0 bridgehead atoms. The summed E-state index contributed by atoms with van der Waals surface area (Å²) in [6, 6.07) is 1.03. The topological polar surface area (TPSA) is 52.6 Å². The highest BCUT2D eigenvalue weighted by molar-refractivity contribution is 5.66. The van der Waals surface area contributed by atoms with E-state index in [-0.39, 0.29) is 12.0 Å². The van der Waals surface area contributed by atoms with Gasteiger partial charge >= 0.3 is 5.97 Å². The Balaban J connectivity index is 2.12. The number of hydrogen-bond donors (Lipinski definition) is 2. The minimum Gasteiger partial charge on any atom is -0.481 e. The molecule has 2 rings (SSSR count). The van der Waals surface area contributed by atoms with Crippen molar-refractivity contribution in [1.82, 2.24) is 10.2 Å². The molecule has 4 heteroatoms. The first-order chi connectivity index (χ1) is 9.00. The molecular formula is C15H28N2O2. The SMILES string of the molecule is CC1(C)CCNCC(CCC(=O)O)N1C1CCCC1. The Morgan fingerprint density at radius 2 is 2.05 bits per heavy atom. The van der Waals surface area contributed by atoms with Crippen molar-refractivity contribution < 1.29 is 9.90 Å². The van der Waals surface area contributed by atoms with E-state index < -0.39 is 5.97 Å². The highest BCUT2D eigenvalue weighted by Gasteiger charge is 2.39. The van der Waals surface area contributed by atoms with Gasteiger partial charge in [0.15, 0.2) is 0 Å². The fraction of sp³-hybridized carbons (Fsp3) is 0.933. The summed E-state index contributed by atoms with van der Waals surface area (Å²) < 4.78 is 0. The van der Waals surface area contributed by atoms with Crippen molar-refractivity contribution in [3.05, 3.63) is 0 Å². The average molecular weight is 268 g/mol. The number of aliphatic carboxylic acids is 1. The maximum absolute atomic E-state index is 10.9. The van der Waals surface area contributed by atoms with Crippen LogP contribution in [0.1, 0.15) is 58.8 Å². The molecule has 19 heavy (non-hydrogen) atoms. The molecule has 1 saturated carbocycles. The van der Waals surface area contributed by atoms with Crippen LogP contribution in [0.25, 0.3) is 0 Å². The summed E-state index contributed by atoms with van der Waals surface area (Å²) in [6.45, 7) is 6.63. The van der Waals surface area contributed by atoms with Gasteiger partial charge in [-0.1, -0.05) is 12.8 Å². The summed E-state index contributed by atoms with van der Waals surface area (Å²) in [5, 5.41) is 12.5. The van der Waals surface area contributed by atoms with E-state index in [0.717, 1.165) is 25.9 Å². The van der Waals surface area contributed by atoms with Crippen LogP contribution in [0.5, 0.6) is 0 Å². The zero-order valence-electron chi connectivity index (χ0n) is 12.3. The fourth-order valence-electron chi connectivity index (χ4n) is 3.89. The van der Waals surface area contributed by atoms with Crippen LogP contribution in [0.3, 0.4) is 0 Å². The van der Waals surface area contributed by atoms with Crippen LogP contribution in [0.4, 0.5) is 0 Å². The average Bonchev–Trinajstić information content (AvgIpc) is 2.79. The first kappa shape index (κ1) is 14.8. The summed E-state index contributed by atoms with van der Waals surface area (Å²) >= 11 is 0. The molecule has 1 heterocycles. The molecule has 2 aliphatic rings. The van der Waals surface area contributed by atoms with E-state index in [9.17, 15) is 4.79 Å². The van der Waals surface area contributed by atoms with E-state index in [0.29, 0.717) is 12.1 Å². The summed E-state index contributed by atoms with van der Waals surface area (Å²) in [5.41, 5.74) is 0.182. The molecule has 4 nitrogen and oxygen atoms in total. The maximum Gasteiger partial charge on any atom is 0.303 e. The Kier molecular flexibility index (Phi) is 4.85. The Morgan fingerprint density at radius 1 is 1.37 bits per heavy atom. The van der Waals surface area contributed by atoms with Gasteiger partial charge < -0.3 is 10.4 Å². The van der Waals surface area contributed by atoms with Gasteiger partial charge in [-0.15, -0.1) is 0 Å². The van der Waals surface area contributed by atoms with Crippen molar-refractivity contribution in [3.63, 3.8) is 0 Å². The fourth-order valence-corrected chi connectivity index (χ4v) is 3.89. The number of hydrogen-bond acceptors (Lipinski definition) is 3. The maximum atomic E-state index is 10.9. The van der Waals surface area contributed by atoms with Crippen molar-refractivity contribution in [2.24, 2.45) is 0 Å². The Hall–Kier alpha value is -0.610. The Morgan fingerprint density at radius 3 is 2.68 bits per heavy atom. The first-order valence-corrected chi connectivity index (χ1v) is 7.71. The number of carboxylic acid groups (broad SMARTS) is 1. The molecule has 0 radical (unpaired) electrons. The minimum absolute atomic E-state index is 0.182. The van der Waals surface area contributed by atoms with Crippen molar-refractivity contribution in [1.29, 1.82) is 0 Å².